The predicted molar refractivity (Wildman–Crippen MR) is 80.5 cm³/mol. The summed E-state index contributed by atoms with van der Waals surface area (Å²) in [6.07, 6.45) is 0.645. The van der Waals surface area contributed by atoms with Gasteiger partial charge in [0.05, 0.1) is 17.6 Å². The van der Waals surface area contributed by atoms with Crippen LogP contribution < -0.4 is 4.72 Å². The Hall–Kier alpha value is -1.69. The molecule has 110 valence electrons. The fourth-order valence-electron chi connectivity index (χ4n) is 2.51. The number of benzene rings is 2. The summed E-state index contributed by atoms with van der Waals surface area (Å²) >= 11 is 0. The minimum absolute atomic E-state index is 0.228. The van der Waals surface area contributed by atoms with Crippen molar-refractivity contribution < 1.29 is 13.2 Å². The molecule has 0 aromatic heterocycles. The minimum Gasteiger partial charge on any atom is -0.372 e. The molecule has 1 heterocycles. The average Bonchev–Trinajstić information content (AvgIpc) is 2.54. The number of rotatable bonds is 4. The van der Waals surface area contributed by atoms with Gasteiger partial charge >= 0.3 is 0 Å². The summed E-state index contributed by atoms with van der Waals surface area (Å²) in [6.45, 7) is 0.864. The summed E-state index contributed by atoms with van der Waals surface area (Å²) in [6, 6.07) is 16.4. The molecule has 0 aliphatic carbocycles. The summed E-state index contributed by atoms with van der Waals surface area (Å²) in [5.74, 6) is 0. The third kappa shape index (κ3) is 3.15. The van der Waals surface area contributed by atoms with Crippen LogP contribution >= 0.6 is 0 Å². The fraction of sp³-hybridized carbons (Fsp3) is 0.250. The molecule has 0 amide bonds. The van der Waals surface area contributed by atoms with Crippen LogP contribution in [0.4, 0.5) is 0 Å². The lowest BCUT2D eigenvalue weighted by atomic mass is 9.98. The van der Waals surface area contributed by atoms with E-state index in [2.05, 4.69) is 10.8 Å². The Labute approximate surface area is 124 Å². The molecule has 5 heteroatoms. The molecule has 1 atom stereocenters. The Bertz CT molecular complexity index is 713. The molecular weight excluding hydrogens is 286 g/mol. The van der Waals surface area contributed by atoms with E-state index in [0.29, 0.717) is 6.61 Å². The zero-order chi connectivity index (χ0) is 14.7. The van der Waals surface area contributed by atoms with Gasteiger partial charge in [-0.25, -0.2) is 13.1 Å². The topological polar surface area (TPSA) is 55.4 Å². The fourth-order valence-corrected chi connectivity index (χ4v) is 3.57. The first-order valence-electron chi connectivity index (χ1n) is 6.91. The molecule has 0 saturated carbocycles. The van der Waals surface area contributed by atoms with Gasteiger partial charge in [0.2, 0.25) is 10.0 Å². The molecule has 1 N–H and O–H groups in total. The van der Waals surface area contributed by atoms with Crippen LogP contribution in [0.15, 0.2) is 59.5 Å². The SMILES string of the molecule is O=S(=O)(NC[C@@H]1OCCc2ccccc21)c1ccccc1. The lowest BCUT2D eigenvalue weighted by Gasteiger charge is -2.26. The predicted octanol–water partition coefficient (Wildman–Crippen LogP) is 2.28. The first-order valence-corrected chi connectivity index (χ1v) is 8.39. The Morgan fingerprint density at radius 1 is 1.05 bits per heavy atom. The maximum Gasteiger partial charge on any atom is 0.240 e. The van der Waals surface area contributed by atoms with Crippen LogP contribution in [0.3, 0.4) is 0 Å². The van der Waals surface area contributed by atoms with Crippen molar-refractivity contribution in [2.75, 3.05) is 13.2 Å². The van der Waals surface area contributed by atoms with Crippen molar-refractivity contribution >= 4 is 10.0 Å². The van der Waals surface area contributed by atoms with E-state index in [-0.39, 0.29) is 17.5 Å². The van der Waals surface area contributed by atoms with E-state index >= 15 is 0 Å². The van der Waals surface area contributed by atoms with E-state index in [4.69, 9.17) is 4.74 Å². The van der Waals surface area contributed by atoms with Crippen molar-refractivity contribution in [3.8, 4) is 0 Å². The summed E-state index contributed by atoms with van der Waals surface area (Å²) < 4.78 is 32.8. The van der Waals surface area contributed by atoms with Gasteiger partial charge in [-0.2, -0.15) is 0 Å². The monoisotopic (exact) mass is 303 g/mol. The van der Waals surface area contributed by atoms with Crippen LogP contribution in [0, 0.1) is 0 Å². The molecule has 2 aromatic carbocycles. The number of hydrogen-bond acceptors (Lipinski definition) is 3. The maximum atomic E-state index is 12.2. The normalized spacial score (nSPS) is 18.2. The molecule has 1 aliphatic heterocycles. The first kappa shape index (κ1) is 14.3. The highest BCUT2D eigenvalue weighted by Gasteiger charge is 2.23. The second kappa shape index (κ2) is 5.97. The van der Waals surface area contributed by atoms with Crippen molar-refractivity contribution in [2.45, 2.75) is 17.4 Å². The largest absolute Gasteiger partial charge is 0.372 e. The minimum atomic E-state index is -3.49. The van der Waals surface area contributed by atoms with Crippen molar-refractivity contribution in [3.63, 3.8) is 0 Å². The lowest BCUT2D eigenvalue weighted by molar-refractivity contribution is 0.0460. The molecule has 0 radical (unpaired) electrons. The van der Waals surface area contributed by atoms with Crippen LogP contribution in [-0.2, 0) is 21.2 Å². The highest BCUT2D eigenvalue weighted by molar-refractivity contribution is 7.89. The van der Waals surface area contributed by atoms with Crippen molar-refractivity contribution in [2.24, 2.45) is 0 Å². The van der Waals surface area contributed by atoms with Gasteiger partial charge in [-0.05, 0) is 29.7 Å². The van der Waals surface area contributed by atoms with E-state index in [1.807, 2.05) is 18.2 Å². The molecule has 0 unspecified atom stereocenters. The second-order valence-electron chi connectivity index (χ2n) is 4.97. The van der Waals surface area contributed by atoms with Gasteiger partial charge in [0.15, 0.2) is 0 Å². The molecule has 0 saturated heterocycles. The summed E-state index contributed by atoms with van der Waals surface area (Å²) in [7, 11) is -3.49. The Morgan fingerprint density at radius 3 is 2.57 bits per heavy atom. The third-order valence-corrected chi connectivity index (χ3v) is 5.04. The molecule has 0 spiro atoms. The zero-order valence-corrected chi connectivity index (χ0v) is 12.3. The molecule has 0 bridgehead atoms. The molecule has 4 nitrogen and oxygen atoms in total. The zero-order valence-electron chi connectivity index (χ0n) is 11.5. The van der Waals surface area contributed by atoms with E-state index < -0.39 is 10.0 Å². The second-order valence-corrected chi connectivity index (χ2v) is 6.74. The quantitative estimate of drug-likeness (QED) is 0.943. The highest BCUT2D eigenvalue weighted by Crippen LogP contribution is 2.26. The standard InChI is InChI=1S/C16H17NO3S/c18-21(19,14-7-2-1-3-8-14)17-12-16-15-9-5-4-6-13(15)10-11-20-16/h1-9,16-17H,10-12H2/t16-/m0/s1. The molecule has 3 rings (SSSR count). The first-order chi connectivity index (χ1) is 10.2. The van der Waals surface area contributed by atoms with E-state index in [0.717, 1.165) is 12.0 Å². The van der Waals surface area contributed by atoms with Crippen LogP contribution in [0.5, 0.6) is 0 Å². The van der Waals surface area contributed by atoms with Crippen LogP contribution in [-0.4, -0.2) is 21.6 Å². The number of nitrogens with one attached hydrogen (secondary N) is 1. The number of ether oxygens (including phenoxy) is 1. The Balaban J connectivity index is 1.75. The van der Waals surface area contributed by atoms with Gasteiger partial charge in [-0.1, -0.05) is 42.5 Å². The van der Waals surface area contributed by atoms with Gasteiger partial charge in [0.1, 0.15) is 0 Å². The average molecular weight is 303 g/mol. The van der Waals surface area contributed by atoms with Crippen molar-refractivity contribution in [1.82, 2.24) is 4.72 Å². The molecule has 1 aliphatic rings. The summed E-state index contributed by atoms with van der Waals surface area (Å²) in [5.41, 5.74) is 2.30. The van der Waals surface area contributed by atoms with Crippen molar-refractivity contribution in [1.29, 1.82) is 0 Å². The highest BCUT2D eigenvalue weighted by atomic mass is 32.2. The van der Waals surface area contributed by atoms with E-state index in [9.17, 15) is 8.42 Å². The summed E-state index contributed by atoms with van der Waals surface area (Å²) in [5, 5.41) is 0. The Morgan fingerprint density at radius 2 is 1.76 bits per heavy atom. The van der Waals surface area contributed by atoms with Gasteiger partial charge < -0.3 is 4.74 Å². The Kier molecular flexibility index (Phi) is 4.05. The van der Waals surface area contributed by atoms with Gasteiger partial charge in [0, 0.05) is 6.54 Å². The molecule has 21 heavy (non-hydrogen) atoms. The number of hydrogen-bond donors (Lipinski definition) is 1. The van der Waals surface area contributed by atoms with Gasteiger partial charge in [0.25, 0.3) is 0 Å². The van der Waals surface area contributed by atoms with Crippen LogP contribution in [0.25, 0.3) is 0 Å². The molecule has 2 aromatic rings. The smallest absolute Gasteiger partial charge is 0.240 e. The molecular formula is C16H17NO3S. The summed E-state index contributed by atoms with van der Waals surface area (Å²) in [4.78, 5) is 0.272. The van der Waals surface area contributed by atoms with Crippen LogP contribution in [0.1, 0.15) is 17.2 Å². The van der Waals surface area contributed by atoms with Gasteiger partial charge in [-0.15, -0.1) is 0 Å². The molecule has 0 fully saturated rings. The van der Waals surface area contributed by atoms with Crippen molar-refractivity contribution in [3.05, 3.63) is 65.7 Å². The van der Waals surface area contributed by atoms with E-state index in [1.165, 1.54) is 5.56 Å². The van der Waals surface area contributed by atoms with Gasteiger partial charge in [-0.3, -0.25) is 0 Å². The third-order valence-electron chi connectivity index (χ3n) is 3.60. The van der Waals surface area contributed by atoms with E-state index in [1.54, 1.807) is 30.3 Å². The maximum absolute atomic E-state index is 12.2. The number of sulfonamides is 1. The number of fused-ring (bicyclic) bond motifs is 1. The van der Waals surface area contributed by atoms with Crippen LogP contribution in [0.2, 0.25) is 0 Å². The lowest BCUT2D eigenvalue weighted by Crippen LogP contribution is -2.31.